The molecule has 1 fully saturated rings. The van der Waals surface area contributed by atoms with E-state index < -0.39 is 27.8 Å². The monoisotopic (exact) mass is 281 g/mol. The van der Waals surface area contributed by atoms with E-state index in [-0.39, 0.29) is 6.54 Å². The molecular formula is C9H19N3O5S. The lowest BCUT2D eigenvalue weighted by Gasteiger charge is -2.26. The number of nitrogens with one attached hydrogen (secondary N) is 1. The van der Waals surface area contributed by atoms with E-state index in [4.69, 9.17) is 15.6 Å². The van der Waals surface area contributed by atoms with Gasteiger partial charge in [-0.2, -0.15) is 0 Å². The Hall–Kier alpha value is -0.740. The van der Waals surface area contributed by atoms with Crippen LogP contribution in [-0.4, -0.2) is 75.6 Å². The Bertz CT molecular complexity index is 366. The van der Waals surface area contributed by atoms with Crippen LogP contribution in [0.5, 0.6) is 0 Å². The maximum Gasteiger partial charge on any atom is 0.321 e. The quantitative estimate of drug-likeness (QED) is 0.477. The van der Waals surface area contributed by atoms with Crippen LogP contribution >= 0.6 is 0 Å². The van der Waals surface area contributed by atoms with Gasteiger partial charge in [0.1, 0.15) is 6.04 Å². The number of morpholine rings is 1. The molecule has 0 spiro atoms. The number of aliphatic carboxylic acids is 1. The van der Waals surface area contributed by atoms with Crippen LogP contribution in [0.2, 0.25) is 0 Å². The van der Waals surface area contributed by atoms with Gasteiger partial charge in [0.2, 0.25) is 10.0 Å². The van der Waals surface area contributed by atoms with E-state index in [9.17, 15) is 13.2 Å². The summed E-state index contributed by atoms with van der Waals surface area (Å²) in [6.45, 7) is 3.67. The van der Waals surface area contributed by atoms with E-state index in [0.717, 1.165) is 13.1 Å². The van der Waals surface area contributed by atoms with Crippen LogP contribution < -0.4 is 10.5 Å². The van der Waals surface area contributed by atoms with E-state index in [1.165, 1.54) is 0 Å². The number of sulfonamides is 1. The Kier molecular flexibility index (Phi) is 5.96. The minimum atomic E-state index is -3.64. The standard InChI is InChI=1S/C9H19N3O5S/c10-8(9(13)14)7-18(15,16)11-1-2-12-3-5-17-6-4-12/h8,11H,1-7,10H2,(H,13,14)/t8-/m0/s1. The van der Waals surface area contributed by atoms with Gasteiger partial charge < -0.3 is 15.6 Å². The second kappa shape index (κ2) is 7.00. The summed E-state index contributed by atoms with van der Waals surface area (Å²) in [7, 11) is -3.64. The molecule has 1 aliphatic heterocycles. The molecule has 0 amide bonds. The van der Waals surface area contributed by atoms with E-state index in [0.29, 0.717) is 19.8 Å². The zero-order chi connectivity index (χ0) is 13.6. The first-order valence-electron chi connectivity index (χ1n) is 5.66. The minimum Gasteiger partial charge on any atom is -0.480 e. The van der Waals surface area contributed by atoms with Crippen LogP contribution in [0, 0.1) is 0 Å². The van der Waals surface area contributed by atoms with Gasteiger partial charge in [0.25, 0.3) is 0 Å². The van der Waals surface area contributed by atoms with Crippen molar-refractivity contribution >= 4 is 16.0 Å². The van der Waals surface area contributed by atoms with Crippen molar-refractivity contribution in [2.45, 2.75) is 6.04 Å². The normalized spacial score (nSPS) is 19.6. The SMILES string of the molecule is N[C@@H](CS(=O)(=O)NCCN1CCOCC1)C(=O)O. The molecule has 0 saturated carbocycles. The molecule has 0 aromatic carbocycles. The van der Waals surface area contributed by atoms with Gasteiger partial charge in [-0.1, -0.05) is 0 Å². The third kappa shape index (κ3) is 5.74. The first-order chi connectivity index (χ1) is 8.41. The van der Waals surface area contributed by atoms with Crippen molar-refractivity contribution in [3.8, 4) is 0 Å². The van der Waals surface area contributed by atoms with Crippen molar-refractivity contribution < 1.29 is 23.1 Å². The molecule has 4 N–H and O–H groups in total. The lowest BCUT2D eigenvalue weighted by Crippen LogP contribution is -2.45. The summed E-state index contributed by atoms with van der Waals surface area (Å²) in [6.07, 6.45) is 0. The average molecular weight is 281 g/mol. The Morgan fingerprint density at radius 1 is 1.44 bits per heavy atom. The van der Waals surface area contributed by atoms with Crippen LogP contribution in [0.15, 0.2) is 0 Å². The smallest absolute Gasteiger partial charge is 0.321 e. The van der Waals surface area contributed by atoms with Crippen LogP contribution in [0.1, 0.15) is 0 Å². The van der Waals surface area contributed by atoms with Gasteiger partial charge >= 0.3 is 5.97 Å². The predicted molar refractivity (Wildman–Crippen MR) is 64.7 cm³/mol. The Balaban J connectivity index is 2.26. The summed E-state index contributed by atoms with van der Waals surface area (Å²) >= 11 is 0. The summed E-state index contributed by atoms with van der Waals surface area (Å²) in [5, 5.41) is 8.54. The number of hydrogen-bond acceptors (Lipinski definition) is 6. The molecule has 8 nitrogen and oxygen atoms in total. The Labute approximate surface area is 106 Å². The Morgan fingerprint density at radius 3 is 2.61 bits per heavy atom. The van der Waals surface area contributed by atoms with E-state index >= 15 is 0 Å². The number of rotatable bonds is 7. The molecule has 1 heterocycles. The van der Waals surface area contributed by atoms with Gasteiger partial charge in [0, 0.05) is 26.2 Å². The van der Waals surface area contributed by atoms with E-state index in [1.54, 1.807) is 0 Å². The molecule has 0 aliphatic carbocycles. The molecule has 0 aromatic heterocycles. The molecule has 18 heavy (non-hydrogen) atoms. The lowest BCUT2D eigenvalue weighted by atomic mass is 10.4. The van der Waals surface area contributed by atoms with Crippen LogP contribution in [0.3, 0.4) is 0 Å². The van der Waals surface area contributed by atoms with Crippen molar-refractivity contribution in [3.63, 3.8) is 0 Å². The number of nitrogens with zero attached hydrogens (tertiary/aromatic N) is 1. The first-order valence-corrected chi connectivity index (χ1v) is 7.32. The number of carboxylic acids is 1. The van der Waals surface area contributed by atoms with Gasteiger partial charge in [0.15, 0.2) is 0 Å². The highest BCUT2D eigenvalue weighted by Crippen LogP contribution is 1.96. The molecule has 1 aliphatic rings. The highest BCUT2D eigenvalue weighted by molar-refractivity contribution is 7.89. The largest absolute Gasteiger partial charge is 0.480 e. The Morgan fingerprint density at radius 2 is 2.06 bits per heavy atom. The zero-order valence-corrected chi connectivity index (χ0v) is 10.9. The fourth-order valence-corrected chi connectivity index (χ4v) is 2.69. The molecule has 0 aromatic rings. The summed E-state index contributed by atoms with van der Waals surface area (Å²) < 4.78 is 30.5. The van der Waals surface area contributed by atoms with Gasteiger partial charge in [-0.15, -0.1) is 0 Å². The molecule has 0 unspecified atom stereocenters. The summed E-state index contributed by atoms with van der Waals surface area (Å²) in [5.74, 6) is -1.93. The summed E-state index contributed by atoms with van der Waals surface area (Å²) in [5.41, 5.74) is 5.17. The third-order valence-electron chi connectivity index (χ3n) is 2.57. The predicted octanol–water partition coefficient (Wildman–Crippen LogP) is -2.35. The van der Waals surface area contributed by atoms with Crippen molar-refractivity contribution in [1.29, 1.82) is 0 Å². The molecule has 1 atom stereocenters. The molecule has 0 radical (unpaired) electrons. The molecule has 0 bridgehead atoms. The van der Waals surface area contributed by atoms with E-state index in [1.807, 2.05) is 0 Å². The first kappa shape index (κ1) is 15.3. The number of ether oxygens (including phenoxy) is 1. The second-order valence-corrected chi connectivity index (χ2v) is 5.93. The van der Waals surface area contributed by atoms with Crippen LogP contribution in [0.4, 0.5) is 0 Å². The molecule has 1 rings (SSSR count). The zero-order valence-electron chi connectivity index (χ0n) is 10.0. The van der Waals surface area contributed by atoms with Crippen LogP contribution in [0.25, 0.3) is 0 Å². The maximum absolute atomic E-state index is 11.5. The fraction of sp³-hybridized carbons (Fsp3) is 0.889. The van der Waals surface area contributed by atoms with E-state index in [2.05, 4.69) is 9.62 Å². The fourth-order valence-electron chi connectivity index (χ4n) is 1.55. The highest BCUT2D eigenvalue weighted by Gasteiger charge is 2.21. The number of hydrogen-bond donors (Lipinski definition) is 3. The number of carboxylic acid groups (broad SMARTS) is 1. The van der Waals surface area contributed by atoms with Gasteiger partial charge in [-0.05, 0) is 0 Å². The van der Waals surface area contributed by atoms with Crippen LogP contribution in [-0.2, 0) is 19.6 Å². The summed E-state index contributed by atoms with van der Waals surface area (Å²) in [6, 6.07) is -1.40. The van der Waals surface area contributed by atoms with Crippen molar-refractivity contribution in [2.24, 2.45) is 5.73 Å². The minimum absolute atomic E-state index is 0.245. The number of carbonyl (C=O) groups is 1. The number of nitrogens with two attached hydrogens (primary N) is 1. The maximum atomic E-state index is 11.5. The van der Waals surface area contributed by atoms with Gasteiger partial charge in [-0.25, -0.2) is 13.1 Å². The third-order valence-corrected chi connectivity index (χ3v) is 4.01. The second-order valence-electron chi connectivity index (χ2n) is 4.07. The molecule has 1 saturated heterocycles. The molecule has 106 valence electrons. The highest BCUT2D eigenvalue weighted by atomic mass is 32.2. The lowest BCUT2D eigenvalue weighted by molar-refractivity contribution is -0.137. The van der Waals surface area contributed by atoms with Crippen molar-refractivity contribution in [2.75, 3.05) is 45.1 Å². The topological polar surface area (TPSA) is 122 Å². The summed E-state index contributed by atoms with van der Waals surface area (Å²) in [4.78, 5) is 12.5. The van der Waals surface area contributed by atoms with Crippen molar-refractivity contribution in [3.05, 3.63) is 0 Å². The van der Waals surface area contributed by atoms with Gasteiger partial charge in [0.05, 0.1) is 19.0 Å². The molecular weight excluding hydrogens is 262 g/mol. The van der Waals surface area contributed by atoms with Crippen molar-refractivity contribution in [1.82, 2.24) is 9.62 Å². The van der Waals surface area contributed by atoms with Gasteiger partial charge in [-0.3, -0.25) is 9.69 Å². The molecule has 9 heteroatoms. The average Bonchev–Trinajstić information content (AvgIpc) is 2.29.